The van der Waals surface area contributed by atoms with Gasteiger partial charge in [-0.05, 0) is 66.5 Å². The van der Waals surface area contributed by atoms with Gasteiger partial charge < -0.3 is 0 Å². The van der Waals surface area contributed by atoms with Crippen LogP contribution in [0.25, 0.3) is 0 Å². The second-order valence-corrected chi connectivity index (χ2v) is 5.10. The summed E-state index contributed by atoms with van der Waals surface area (Å²) in [6.45, 7) is 4.49. The topological polar surface area (TPSA) is 0 Å². The summed E-state index contributed by atoms with van der Waals surface area (Å²) in [6.07, 6.45) is 3.49. The zero-order chi connectivity index (χ0) is 11.8. The van der Waals surface area contributed by atoms with Gasteiger partial charge in [-0.2, -0.15) is 0 Å². The maximum Gasteiger partial charge on any atom is -0.00176 e. The smallest absolute Gasteiger partial charge is 0.00176 e. The monoisotopic (exact) mass is 222 g/mol. The molecule has 0 heteroatoms. The molecule has 2 aromatic carbocycles. The number of benzene rings is 2. The fourth-order valence-corrected chi connectivity index (χ4v) is 2.95. The van der Waals surface area contributed by atoms with Crippen molar-refractivity contribution in [1.29, 1.82) is 0 Å². The van der Waals surface area contributed by atoms with Gasteiger partial charge in [0.2, 0.25) is 0 Å². The van der Waals surface area contributed by atoms with Gasteiger partial charge in [-0.25, -0.2) is 0 Å². The highest BCUT2D eigenvalue weighted by molar-refractivity contribution is 5.46. The largest absolute Gasteiger partial charge is 0.0620 e. The molecule has 0 aromatic heterocycles. The lowest BCUT2D eigenvalue weighted by Gasteiger charge is -2.12. The molecule has 0 bridgehead atoms. The average Bonchev–Trinajstić information content (AvgIpc) is 2.54. The van der Waals surface area contributed by atoms with Crippen LogP contribution >= 0.6 is 0 Å². The third-order valence-electron chi connectivity index (χ3n) is 4.03. The molecule has 0 fully saturated rings. The van der Waals surface area contributed by atoms with Gasteiger partial charge in [-0.1, -0.05) is 36.4 Å². The van der Waals surface area contributed by atoms with Crippen molar-refractivity contribution < 1.29 is 0 Å². The van der Waals surface area contributed by atoms with E-state index in [-0.39, 0.29) is 0 Å². The van der Waals surface area contributed by atoms with Crippen molar-refractivity contribution in [2.75, 3.05) is 0 Å². The summed E-state index contributed by atoms with van der Waals surface area (Å²) in [5.74, 6) is 0. The van der Waals surface area contributed by atoms with Crippen LogP contribution in [0.4, 0.5) is 0 Å². The van der Waals surface area contributed by atoms with Crippen molar-refractivity contribution in [2.45, 2.75) is 33.1 Å². The van der Waals surface area contributed by atoms with Crippen LogP contribution in [0, 0.1) is 13.8 Å². The minimum absolute atomic E-state index is 1.11. The number of hydrogen-bond donors (Lipinski definition) is 0. The third-order valence-corrected chi connectivity index (χ3v) is 4.03. The highest BCUT2D eigenvalue weighted by Crippen LogP contribution is 2.28. The molecule has 0 unspecified atom stereocenters. The number of rotatable bonds is 0. The van der Waals surface area contributed by atoms with E-state index in [1.54, 1.807) is 11.1 Å². The predicted octanol–water partition coefficient (Wildman–Crippen LogP) is 3.99. The van der Waals surface area contributed by atoms with Gasteiger partial charge in [0, 0.05) is 0 Å². The predicted molar refractivity (Wildman–Crippen MR) is 72.6 cm³/mol. The molecular weight excluding hydrogens is 204 g/mol. The molecule has 17 heavy (non-hydrogen) atoms. The Morgan fingerprint density at radius 1 is 0.706 bits per heavy atom. The van der Waals surface area contributed by atoms with Crippen LogP contribution in [0.5, 0.6) is 0 Å². The van der Waals surface area contributed by atoms with Gasteiger partial charge in [0.25, 0.3) is 0 Å². The van der Waals surface area contributed by atoms with Crippen molar-refractivity contribution in [3.63, 3.8) is 0 Å². The second kappa shape index (κ2) is 4.03. The van der Waals surface area contributed by atoms with Crippen molar-refractivity contribution in [3.05, 3.63) is 69.8 Å². The molecule has 0 saturated carbocycles. The maximum absolute atomic E-state index is 2.28. The molecular formula is C17H18. The van der Waals surface area contributed by atoms with E-state index in [0.29, 0.717) is 0 Å². The Kier molecular flexibility index (Phi) is 2.51. The molecule has 86 valence electrons. The highest BCUT2D eigenvalue weighted by Gasteiger charge is 2.15. The lowest BCUT2D eigenvalue weighted by Crippen LogP contribution is -1.99. The third kappa shape index (κ3) is 1.78. The van der Waals surface area contributed by atoms with Gasteiger partial charge in [-0.3, -0.25) is 0 Å². The van der Waals surface area contributed by atoms with E-state index in [0.717, 1.165) is 6.42 Å². The fraction of sp³-hybridized carbons (Fsp3) is 0.294. The fourth-order valence-electron chi connectivity index (χ4n) is 2.95. The molecule has 0 atom stereocenters. The van der Waals surface area contributed by atoms with Gasteiger partial charge in [-0.15, -0.1) is 0 Å². The van der Waals surface area contributed by atoms with E-state index in [9.17, 15) is 0 Å². The average molecular weight is 222 g/mol. The van der Waals surface area contributed by atoms with Crippen LogP contribution in [-0.4, -0.2) is 0 Å². The van der Waals surface area contributed by atoms with Crippen LogP contribution < -0.4 is 0 Å². The second-order valence-electron chi connectivity index (χ2n) is 5.10. The van der Waals surface area contributed by atoms with Crippen molar-refractivity contribution in [1.82, 2.24) is 0 Å². The molecule has 1 aliphatic carbocycles. The molecule has 0 heterocycles. The number of fused-ring (bicyclic) bond motifs is 2. The lowest BCUT2D eigenvalue weighted by molar-refractivity contribution is 0.951. The summed E-state index contributed by atoms with van der Waals surface area (Å²) < 4.78 is 0. The zero-order valence-corrected chi connectivity index (χ0v) is 10.6. The number of aryl methyl sites for hydroxylation is 3. The Bertz CT molecular complexity index is 564. The molecule has 3 rings (SSSR count). The van der Waals surface area contributed by atoms with Crippen molar-refractivity contribution >= 4 is 0 Å². The first-order valence-electron chi connectivity index (χ1n) is 6.40. The highest BCUT2D eigenvalue weighted by atomic mass is 14.2. The molecule has 0 spiro atoms. The molecule has 2 aromatic rings. The first kappa shape index (κ1) is 10.6. The Hall–Kier alpha value is -1.56. The van der Waals surface area contributed by atoms with E-state index < -0.39 is 0 Å². The summed E-state index contributed by atoms with van der Waals surface area (Å²) in [5.41, 5.74) is 9.10. The van der Waals surface area contributed by atoms with Crippen LogP contribution in [0.15, 0.2) is 36.4 Å². The van der Waals surface area contributed by atoms with Crippen LogP contribution in [0.2, 0.25) is 0 Å². The first-order valence-corrected chi connectivity index (χ1v) is 6.40. The SMILES string of the molecule is Cc1ccc(C)c2c1CCc1ccccc1C2. The number of hydrogen-bond acceptors (Lipinski definition) is 0. The lowest BCUT2D eigenvalue weighted by atomic mass is 9.93. The molecule has 0 amide bonds. The summed E-state index contributed by atoms with van der Waals surface area (Å²) in [5, 5.41) is 0. The molecule has 0 radical (unpaired) electrons. The van der Waals surface area contributed by atoms with E-state index in [1.165, 1.54) is 35.1 Å². The summed E-state index contributed by atoms with van der Waals surface area (Å²) >= 11 is 0. The van der Waals surface area contributed by atoms with Crippen molar-refractivity contribution in [3.8, 4) is 0 Å². The molecule has 0 nitrogen and oxygen atoms in total. The van der Waals surface area contributed by atoms with Crippen molar-refractivity contribution in [2.24, 2.45) is 0 Å². The van der Waals surface area contributed by atoms with E-state index >= 15 is 0 Å². The summed E-state index contributed by atoms with van der Waals surface area (Å²) in [7, 11) is 0. The molecule has 1 aliphatic rings. The quantitative estimate of drug-likeness (QED) is 0.632. The Morgan fingerprint density at radius 3 is 2.12 bits per heavy atom. The van der Waals surface area contributed by atoms with Gasteiger partial charge in [0.1, 0.15) is 0 Å². The van der Waals surface area contributed by atoms with E-state index in [1.807, 2.05) is 0 Å². The zero-order valence-electron chi connectivity index (χ0n) is 10.6. The molecule has 0 N–H and O–H groups in total. The summed E-state index contributed by atoms with van der Waals surface area (Å²) in [6, 6.07) is 13.4. The van der Waals surface area contributed by atoms with Gasteiger partial charge in [0.15, 0.2) is 0 Å². The van der Waals surface area contributed by atoms with Crippen LogP contribution in [-0.2, 0) is 19.3 Å². The van der Waals surface area contributed by atoms with Gasteiger partial charge in [0.05, 0.1) is 0 Å². The minimum atomic E-state index is 1.11. The Labute approximate surface area is 103 Å². The Morgan fingerprint density at radius 2 is 1.35 bits per heavy atom. The molecule has 0 aliphatic heterocycles. The van der Waals surface area contributed by atoms with Crippen LogP contribution in [0.1, 0.15) is 33.4 Å². The van der Waals surface area contributed by atoms with Crippen LogP contribution in [0.3, 0.4) is 0 Å². The first-order chi connectivity index (χ1) is 8.25. The maximum atomic E-state index is 2.28. The minimum Gasteiger partial charge on any atom is -0.0620 e. The van der Waals surface area contributed by atoms with E-state index in [4.69, 9.17) is 0 Å². The standard InChI is InChI=1S/C17H18/c1-12-7-8-13(2)17-11-15-6-4-3-5-14(15)9-10-16(12)17/h3-8H,9-11H2,1-2H3. The summed E-state index contributed by atoms with van der Waals surface area (Å²) in [4.78, 5) is 0. The van der Waals surface area contributed by atoms with Gasteiger partial charge >= 0.3 is 0 Å². The molecule has 0 saturated heterocycles. The van der Waals surface area contributed by atoms with E-state index in [2.05, 4.69) is 50.2 Å². The normalized spacial score (nSPS) is 13.8. The Balaban J connectivity index is 2.17.